The van der Waals surface area contributed by atoms with Crippen LogP contribution in [0.15, 0.2) is 60.8 Å². The first kappa shape index (κ1) is 17.8. The van der Waals surface area contributed by atoms with Gasteiger partial charge in [0.05, 0.1) is 12.8 Å². The van der Waals surface area contributed by atoms with E-state index in [0.717, 1.165) is 16.9 Å². The minimum Gasteiger partial charge on any atom is -0.495 e. The second-order valence-electron chi connectivity index (χ2n) is 5.67. The lowest BCUT2D eigenvalue weighted by atomic mass is 10.2. The van der Waals surface area contributed by atoms with Crippen LogP contribution in [-0.4, -0.2) is 18.0 Å². The molecule has 1 aromatic heterocycles. The molecule has 2 N–H and O–H groups in total. The van der Waals surface area contributed by atoms with Gasteiger partial charge in [0.2, 0.25) is 0 Å². The number of halogens is 1. The summed E-state index contributed by atoms with van der Waals surface area (Å²) < 4.78 is 5.25. The number of para-hydroxylation sites is 2. The fraction of sp³-hybridized carbons (Fsp3) is 0.100. The zero-order chi connectivity index (χ0) is 18.5. The van der Waals surface area contributed by atoms with Crippen molar-refractivity contribution in [1.82, 2.24) is 4.98 Å². The van der Waals surface area contributed by atoms with Crippen molar-refractivity contribution in [2.24, 2.45) is 0 Å². The minimum atomic E-state index is -0.319. The topological polar surface area (TPSA) is 63.2 Å². The van der Waals surface area contributed by atoms with Crippen LogP contribution < -0.4 is 15.4 Å². The standard InChI is InChI=1S/C20H18ClN3O2/c1-13-7-8-14(11-16(13)21)23-15-9-10-22-18(12-15)20(25)24-17-5-3-4-6-19(17)26-2/h3-12H,1-2H3,(H,22,23)(H,24,25). The summed E-state index contributed by atoms with van der Waals surface area (Å²) in [5.41, 5.74) is 3.46. The number of anilines is 3. The number of aromatic nitrogens is 1. The van der Waals surface area contributed by atoms with Crippen molar-refractivity contribution < 1.29 is 9.53 Å². The maximum atomic E-state index is 12.5. The van der Waals surface area contributed by atoms with Gasteiger partial charge in [-0.1, -0.05) is 29.8 Å². The Hall–Kier alpha value is -3.05. The highest BCUT2D eigenvalue weighted by Crippen LogP contribution is 2.25. The van der Waals surface area contributed by atoms with Crippen molar-refractivity contribution in [3.05, 3.63) is 77.1 Å². The molecule has 0 spiro atoms. The lowest BCUT2D eigenvalue weighted by Gasteiger charge is -2.11. The first-order valence-corrected chi connectivity index (χ1v) is 8.38. The smallest absolute Gasteiger partial charge is 0.274 e. The molecule has 0 aliphatic carbocycles. The zero-order valence-electron chi connectivity index (χ0n) is 14.4. The van der Waals surface area contributed by atoms with Crippen molar-refractivity contribution >= 4 is 34.6 Å². The Bertz CT molecular complexity index is 944. The van der Waals surface area contributed by atoms with Gasteiger partial charge in [-0.05, 0) is 48.9 Å². The number of methoxy groups -OCH3 is 1. The summed E-state index contributed by atoms with van der Waals surface area (Å²) in [7, 11) is 1.56. The summed E-state index contributed by atoms with van der Waals surface area (Å²) >= 11 is 6.15. The van der Waals surface area contributed by atoms with Crippen LogP contribution in [0.3, 0.4) is 0 Å². The van der Waals surface area contributed by atoms with Gasteiger partial charge in [-0.2, -0.15) is 0 Å². The third kappa shape index (κ3) is 4.13. The molecule has 0 aliphatic heterocycles. The van der Waals surface area contributed by atoms with Crippen LogP contribution in [0.4, 0.5) is 17.1 Å². The largest absolute Gasteiger partial charge is 0.495 e. The number of pyridine rings is 1. The van der Waals surface area contributed by atoms with Gasteiger partial charge in [0.25, 0.3) is 5.91 Å². The lowest BCUT2D eigenvalue weighted by Crippen LogP contribution is -2.14. The van der Waals surface area contributed by atoms with Crippen molar-refractivity contribution in [1.29, 1.82) is 0 Å². The molecular formula is C20H18ClN3O2. The van der Waals surface area contributed by atoms with E-state index >= 15 is 0 Å². The molecule has 26 heavy (non-hydrogen) atoms. The van der Waals surface area contributed by atoms with Crippen LogP contribution >= 0.6 is 11.6 Å². The highest BCUT2D eigenvalue weighted by molar-refractivity contribution is 6.31. The number of benzene rings is 2. The van der Waals surface area contributed by atoms with Crippen LogP contribution in [0.25, 0.3) is 0 Å². The molecule has 0 unspecified atom stereocenters. The quantitative estimate of drug-likeness (QED) is 0.662. The normalized spacial score (nSPS) is 10.3. The summed E-state index contributed by atoms with van der Waals surface area (Å²) in [4.78, 5) is 16.7. The molecule has 0 saturated heterocycles. The van der Waals surface area contributed by atoms with Crippen LogP contribution in [-0.2, 0) is 0 Å². The first-order chi connectivity index (χ1) is 12.6. The minimum absolute atomic E-state index is 0.291. The predicted molar refractivity (Wildman–Crippen MR) is 105 cm³/mol. The van der Waals surface area contributed by atoms with Crippen molar-refractivity contribution in [3.63, 3.8) is 0 Å². The number of aryl methyl sites for hydroxylation is 1. The summed E-state index contributed by atoms with van der Waals surface area (Å²) in [5.74, 6) is 0.268. The molecule has 0 bridgehead atoms. The molecule has 0 aliphatic rings. The predicted octanol–water partition coefficient (Wildman–Crippen LogP) is 5.05. The molecule has 0 atom stereocenters. The van der Waals surface area contributed by atoms with E-state index in [9.17, 15) is 4.79 Å². The Morgan fingerprint density at radius 2 is 1.85 bits per heavy atom. The second-order valence-corrected chi connectivity index (χ2v) is 6.08. The molecule has 3 aromatic rings. The zero-order valence-corrected chi connectivity index (χ0v) is 15.2. The molecule has 1 heterocycles. The van der Waals surface area contributed by atoms with Gasteiger partial charge in [0, 0.05) is 22.6 Å². The number of carbonyl (C=O) groups excluding carboxylic acids is 1. The molecule has 2 aromatic carbocycles. The third-order valence-corrected chi connectivity index (χ3v) is 4.22. The number of amides is 1. The van der Waals surface area contributed by atoms with E-state index < -0.39 is 0 Å². The van der Waals surface area contributed by atoms with Gasteiger partial charge in [-0.3, -0.25) is 9.78 Å². The molecule has 0 radical (unpaired) electrons. The van der Waals surface area contributed by atoms with E-state index in [1.165, 1.54) is 0 Å². The van der Waals surface area contributed by atoms with Gasteiger partial charge in [-0.15, -0.1) is 0 Å². The van der Waals surface area contributed by atoms with Crippen molar-refractivity contribution in [2.45, 2.75) is 6.92 Å². The maximum absolute atomic E-state index is 12.5. The van der Waals surface area contributed by atoms with E-state index in [4.69, 9.17) is 16.3 Å². The van der Waals surface area contributed by atoms with E-state index in [1.54, 1.807) is 37.6 Å². The summed E-state index contributed by atoms with van der Waals surface area (Å²) in [6.45, 7) is 1.94. The highest BCUT2D eigenvalue weighted by Gasteiger charge is 2.11. The number of hydrogen-bond acceptors (Lipinski definition) is 4. The van der Waals surface area contributed by atoms with E-state index in [-0.39, 0.29) is 5.91 Å². The fourth-order valence-electron chi connectivity index (χ4n) is 2.40. The van der Waals surface area contributed by atoms with Gasteiger partial charge in [-0.25, -0.2) is 0 Å². The Morgan fingerprint density at radius 3 is 2.62 bits per heavy atom. The molecule has 0 saturated carbocycles. The maximum Gasteiger partial charge on any atom is 0.274 e. The molecule has 1 amide bonds. The van der Waals surface area contributed by atoms with Crippen LogP contribution in [0.2, 0.25) is 5.02 Å². The van der Waals surface area contributed by atoms with Gasteiger partial charge in [0.1, 0.15) is 11.4 Å². The average molecular weight is 368 g/mol. The summed E-state index contributed by atoms with van der Waals surface area (Å²) in [6, 6.07) is 16.4. The van der Waals surface area contributed by atoms with Gasteiger partial charge < -0.3 is 15.4 Å². The Balaban J connectivity index is 1.78. The SMILES string of the molecule is COc1ccccc1NC(=O)c1cc(Nc2ccc(C)c(Cl)c2)ccn1. The Morgan fingerprint density at radius 1 is 1.08 bits per heavy atom. The summed E-state index contributed by atoms with van der Waals surface area (Å²) in [5, 5.41) is 6.71. The van der Waals surface area contributed by atoms with E-state index in [0.29, 0.717) is 22.2 Å². The molecule has 5 nitrogen and oxygen atoms in total. The number of nitrogens with one attached hydrogen (secondary N) is 2. The third-order valence-electron chi connectivity index (χ3n) is 3.81. The number of nitrogens with zero attached hydrogens (tertiary/aromatic N) is 1. The van der Waals surface area contributed by atoms with Gasteiger partial charge >= 0.3 is 0 Å². The lowest BCUT2D eigenvalue weighted by molar-refractivity contribution is 0.102. The summed E-state index contributed by atoms with van der Waals surface area (Å²) in [6.07, 6.45) is 1.58. The average Bonchev–Trinajstić information content (AvgIpc) is 2.65. The Kier molecular flexibility index (Phi) is 5.39. The monoisotopic (exact) mass is 367 g/mol. The number of rotatable bonds is 5. The van der Waals surface area contributed by atoms with Crippen LogP contribution in [0.1, 0.15) is 16.1 Å². The number of hydrogen-bond donors (Lipinski definition) is 2. The van der Waals surface area contributed by atoms with Crippen molar-refractivity contribution in [3.8, 4) is 5.75 Å². The second kappa shape index (κ2) is 7.89. The van der Waals surface area contributed by atoms with E-state index in [2.05, 4.69) is 15.6 Å². The van der Waals surface area contributed by atoms with E-state index in [1.807, 2.05) is 37.3 Å². The van der Waals surface area contributed by atoms with Crippen LogP contribution in [0.5, 0.6) is 5.75 Å². The van der Waals surface area contributed by atoms with Gasteiger partial charge in [0.15, 0.2) is 0 Å². The van der Waals surface area contributed by atoms with Crippen molar-refractivity contribution in [2.75, 3.05) is 17.7 Å². The fourth-order valence-corrected chi connectivity index (χ4v) is 2.58. The Labute approximate surface area is 157 Å². The molecular weight excluding hydrogens is 350 g/mol. The van der Waals surface area contributed by atoms with Crippen LogP contribution in [0, 0.1) is 6.92 Å². The number of ether oxygens (including phenoxy) is 1. The molecule has 132 valence electrons. The number of carbonyl (C=O) groups is 1. The highest BCUT2D eigenvalue weighted by atomic mass is 35.5. The first-order valence-electron chi connectivity index (χ1n) is 8.00. The molecule has 3 rings (SSSR count). The molecule has 0 fully saturated rings. The molecule has 6 heteroatoms.